The SMILES string of the molecule is COc1ccc(C(C)NCc2csc([N+](=O)[O-])c2)cc1. The van der Waals surface area contributed by atoms with E-state index in [0.717, 1.165) is 28.2 Å². The van der Waals surface area contributed by atoms with Crippen molar-refractivity contribution in [2.45, 2.75) is 19.5 Å². The lowest BCUT2D eigenvalue weighted by atomic mass is 10.1. The second-order valence-electron chi connectivity index (χ2n) is 4.43. The van der Waals surface area contributed by atoms with Crippen molar-refractivity contribution in [3.05, 3.63) is 57.0 Å². The van der Waals surface area contributed by atoms with Gasteiger partial charge in [0.05, 0.1) is 12.0 Å². The normalized spacial score (nSPS) is 12.1. The highest BCUT2D eigenvalue weighted by Crippen LogP contribution is 2.23. The number of hydrogen-bond donors (Lipinski definition) is 1. The molecular weight excluding hydrogens is 276 g/mol. The third-order valence-corrected chi connectivity index (χ3v) is 3.98. The van der Waals surface area contributed by atoms with Crippen LogP contribution in [0, 0.1) is 10.1 Å². The molecule has 2 aromatic rings. The van der Waals surface area contributed by atoms with Crippen LogP contribution in [-0.2, 0) is 6.54 Å². The van der Waals surface area contributed by atoms with Gasteiger partial charge in [0.15, 0.2) is 0 Å². The molecule has 0 aliphatic carbocycles. The Balaban J connectivity index is 1.93. The van der Waals surface area contributed by atoms with Crippen molar-refractivity contribution in [3.8, 4) is 5.75 Å². The minimum Gasteiger partial charge on any atom is -0.497 e. The van der Waals surface area contributed by atoms with E-state index in [9.17, 15) is 10.1 Å². The van der Waals surface area contributed by atoms with Gasteiger partial charge in [-0.2, -0.15) is 0 Å². The molecule has 0 saturated heterocycles. The number of nitrogens with zero attached hydrogens (tertiary/aromatic N) is 1. The number of thiophene rings is 1. The summed E-state index contributed by atoms with van der Waals surface area (Å²) in [5.74, 6) is 0.828. The molecule has 1 aromatic heterocycles. The molecule has 1 heterocycles. The van der Waals surface area contributed by atoms with Gasteiger partial charge in [0.2, 0.25) is 0 Å². The first-order valence-electron chi connectivity index (χ1n) is 6.19. The zero-order valence-corrected chi connectivity index (χ0v) is 12.1. The molecule has 0 spiro atoms. The van der Waals surface area contributed by atoms with E-state index < -0.39 is 0 Å². The summed E-state index contributed by atoms with van der Waals surface area (Å²) in [6.07, 6.45) is 0. The maximum absolute atomic E-state index is 10.6. The third kappa shape index (κ3) is 3.55. The van der Waals surface area contributed by atoms with Crippen molar-refractivity contribution < 1.29 is 9.66 Å². The molecule has 106 valence electrons. The Morgan fingerprint density at radius 2 is 2.10 bits per heavy atom. The molecule has 20 heavy (non-hydrogen) atoms. The Bertz CT molecular complexity index is 580. The van der Waals surface area contributed by atoms with Gasteiger partial charge in [-0.15, -0.1) is 0 Å². The fraction of sp³-hybridized carbons (Fsp3) is 0.286. The number of ether oxygens (including phenoxy) is 1. The molecule has 5 nitrogen and oxygen atoms in total. The molecule has 1 N–H and O–H groups in total. The van der Waals surface area contributed by atoms with Crippen molar-refractivity contribution >= 4 is 16.3 Å². The summed E-state index contributed by atoms with van der Waals surface area (Å²) in [6.45, 7) is 2.67. The maximum atomic E-state index is 10.6. The summed E-state index contributed by atoms with van der Waals surface area (Å²) < 4.78 is 5.12. The van der Waals surface area contributed by atoms with Crippen molar-refractivity contribution in [1.29, 1.82) is 0 Å². The van der Waals surface area contributed by atoms with Gasteiger partial charge in [-0.1, -0.05) is 23.5 Å². The number of methoxy groups -OCH3 is 1. The molecule has 6 heteroatoms. The summed E-state index contributed by atoms with van der Waals surface area (Å²) >= 11 is 1.15. The van der Waals surface area contributed by atoms with Crippen molar-refractivity contribution in [1.82, 2.24) is 5.32 Å². The van der Waals surface area contributed by atoms with E-state index in [1.165, 1.54) is 0 Å². The Morgan fingerprint density at radius 3 is 2.65 bits per heavy atom. The Labute approximate surface area is 121 Å². The standard InChI is InChI=1S/C14H16N2O3S/c1-10(12-3-5-13(19-2)6-4-12)15-8-11-7-14(16(17)18)20-9-11/h3-7,9-10,15H,8H2,1-2H3. The second-order valence-corrected chi connectivity index (χ2v) is 5.32. The van der Waals surface area contributed by atoms with Gasteiger partial charge in [0.1, 0.15) is 5.75 Å². The van der Waals surface area contributed by atoms with Gasteiger partial charge in [0, 0.05) is 24.0 Å². The molecule has 2 rings (SSSR count). The smallest absolute Gasteiger partial charge is 0.324 e. The third-order valence-electron chi connectivity index (χ3n) is 3.05. The molecule has 1 aromatic carbocycles. The molecule has 0 amide bonds. The van der Waals surface area contributed by atoms with Gasteiger partial charge < -0.3 is 10.1 Å². The van der Waals surface area contributed by atoms with Crippen LogP contribution in [0.4, 0.5) is 5.00 Å². The van der Waals surface area contributed by atoms with Gasteiger partial charge in [-0.25, -0.2) is 0 Å². The second kappa shape index (κ2) is 6.49. The van der Waals surface area contributed by atoms with E-state index >= 15 is 0 Å². The molecular formula is C14H16N2O3S. The van der Waals surface area contributed by atoms with E-state index in [-0.39, 0.29) is 16.0 Å². The molecule has 0 aliphatic heterocycles. The summed E-state index contributed by atoms with van der Waals surface area (Å²) in [5.41, 5.74) is 2.08. The van der Waals surface area contributed by atoms with Crippen LogP contribution in [0.5, 0.6) is 5.75 Å². The predicted molar refractivity (Wildman–Crippen MR) is 79.2 cm³/mol. The number of benzene rings is 1. The largest absolute Gasteiger partial charge is 0.497 e. The summed E-state index contributed by atoms with van der Waals surface area (Å²) in [4.78, 5) is 10.3. The Morgan fingerprint density at radius 1 is 1.40 bits per heavy atom. The lowest BCUT2D eigenvalue weighted by molar-refractivity contribution is -0.380. The molecule has 1 unspecified atom stereocenters. The lowest BCUT2D eigenvalue weighted by Gasteiger charge is -2.14. The van der Waals surface area contributed by atoms with Crippen LogP contribution in [-0.4, -0.2) is 12.0 Å². The number of hydrogen-bond acceptors (Lipinski definition) is 5. The van der Waals surface area contributed by atoms with E-state index in [1.54, 1.807) is 13.2 Å². The minimum absolute atomic E-state index is 0.167. The topological polar surface area (TPSA) is 64.4 Å². The molecule has 1 atom stereocenters. The summed E-state index contributed by atoms with van der Waals surface area (Å²) in [5, 5.41) is 16.0. The maximum Gasteiger partial charge on any atom is 0.324 e. The highest BCUT2D eigenvalue weighted by molar-refractivity contribution is 7.13. The van der Waals surface area contributed by atoms with E-state index in [1.807, 2.05) is 29.6 Å². The molecule has 0 bridgehead atoms. The van der Waals surface area contributed by atoms with Crippen LogP contribution in [0.1, 0.15) is 24.1 Å². The van der Waals surface area contributed by atoms with E-state index in [2.05, 4.69) is 12.2 Å². The van der Waals surface area contributed by atoms with E-state index in [0.29, 0.717) is 6.54 Å². The number of nitrogens with one attached hydrogen (secondary N) is 1. The molecule has 0 radical (unpaired) electrons. The van der Waals surface area contributed by atoms with Gasteiger partial charge in [0.25, 0.3) is 0 Å². The average Bonchev–Trinajstić information content (AvgIpc) is 2.94. The monoisotopic (exact) mass is 292 g/mol. The summed E-state index contributed by atoms with van der Waals surface area (Å²) in [6, 6.07) is 9.63. The van der Waals surface area contributed by atoms with Crippen molar-refractivity contribution in [2.24, 2.45) is 0 Å². The zero-order valence-electron chi connectivity index (χ0n) is 11.3. The number of nitro groups is 1. The van der Waals surface area contributed by atoms with Crippen LogP contribution in [0.15, 0.2) is 35.7 Å². The van der Waals surface area contributed by atoms with Crippen LogP contribution in [0.25, 0.3) is 0 Å². The molecule has 0 fully saturated rings. The highest BCUT2D eigenvalue weighted by Gasteiger charge is 2.11. The van der Waals surface area contributed by atoms with Crippen LogP contribution >= 0.6 is 11.3 Å². The number of rotatable bonds is 6. The first-order valence-corrected chi connectivity index (χ1v) is 7.07. The van der Waals surface area contributed by atoms with Crippen LogP contribution < -0.4 is 10.1 Å². The first kappa shape index (κ1) is 14.5. The molecule has 0 saturated carbocycles. The predicted octanol–water partition coefficient (Wildman–Crippen LogP) is 3.52. The van der Waals surface area contributed by atoms with Crippen molar-refractivity contribution in [3.63, 3.8) is 0 Å². The quantitative estimate of drug-likeness (QED) is 0.653. The van der Waals surface area contributed by atoms with Crippen LogP contribution in [0.2, 0.25) is 0 Å². The highest BCUT2D eigenvalue weighted by atomic mass is 32.1. The molecule has 0 aliphatic rings. The van der Waals surface area contributed by atoms with Gasteiger partial charge >= 0.3 is 5.00 Å². The minimum atomic E-state index is -0.360. The fourth-order valence-electron chi connectivity index (χ4n) is 1.83. The van der Waals surface area contributed by atoms with Gasteiger partial charge in [-0.3, -0.25) is 10.1 Å². The fourth-order valence-corrected chi connectivity index (χ4v) is 2.56. The Kier molecular flexibility index (Phi) is 4.70. The average molecular weight is 292 g/mol. The first-order chi connectivity index (χ1) is 9.60. The van der Waals surface area contributed by atoms with Crippen molar-refractivity contribution in [2.75, 3.05) is 7.11 Å². The van der Waals surface area contributed by atoms with E-state index in [4.69, 9.17) is 4.74 Å². The summed E-state index contributed by atoms with van der Waals surface area (Å²) in [7, 11) is 1.64. The van der Waals surface area contributed by atoms with Crippen LogP contribution in [0.3, 0.4) is 0 Å². The Hall–Kier alpha value is -1.92. The lowest BCUT2D eigenvalue weighted by Crippen LogP contribution is -2.17. The van der Waals surface area contributed by atoms with Gasteiger partial charge in [-0.05, 0) is 30.2 Å². The zero-order chi connectivity index (χ0) is 14.5.